The standard InChI is InChI=1S/C14H19BN2O2/c1-13(2)14(3,4)19-15(18-13)11-6-5-8-16-12-10(11)7-9-17-12/h6-9,17H,5H2,1-4H3. The monoisotopic (exact) mass is 258 g/mol. The maximum atomic E-state index is 6.13. The van der Waals surface area contributed by atoms with Crippen molar-refractivity contribution in [3.05, 3.63) is 23.9 Å². The van der Waals surface area contributed by atoms with Crippen molar-refractivity contribution in [1.82, 2.24) is 4.98 Å². The Morgan fingerprint density at radius 1 is 1.21 bits per heavy atom. The van der Waals surface area contributed by atoms with Crippen LogP contribution in [0.3, 0.4) is 0 Å². The fraction of sp³-hybridized carbons (Fsp3) is 0.500. The van der Waals surface area contributed by atoms with Crippen molar-refractivity contribution in [1.29, 1.82) is 0 Å². The predicted molar refractivity (Wildman–Crippen MR) is 77.6 cm³/mol. The summed E-state index contributed by atoms with van der Waals surface area (Å²) >= 11 is 0. The third-order valence-corrected chi connectivity index (χ3v) is 4.21. The Morgan fingerprint density at radius 3 is 2.58 bits per heavy atom. The molecule has 1 saturated heterocycles. The zero-order valence-electron chi connectivity index (χ0n) is 11.9. The highest BCUT2D eigenvalue weighted by Crippen LogP contribution is 2.42. The van der Waals surface area contributed by atoms with Crippen LogP contribution in [0.2, 0.25) is 0 Å². The molecule has 0 bridgehead atoms. The second kappa shape index (κ2) is 4.08. The van der Waals surface area contributed by atoms with Crippen LogP contribution in [0.4, 0.5) is 5.82 Å². The molecule has 0 atom stereocenters. The van der Waals surface area contributed by atoms with E-state index in [0.29, 0.717) is 0 Å². The molecular weight excluding hydrogens is 239 g/mol. The van der Waals surface area contributed by atoms with Gasteiger partial charge in [0.1, 0.15) is 5.82 Å². The Balaban J connectivity index is 1.96. The second-order valence-corrected chi connectivity index (χ2v) is 6.04. The van der Waals surface area contributed by atoms with Crippen LogP contribution in [-0.2, 0) is 9.31 Å². The van der Waals surface area contributed by atoms with E-state index < -0.39 is 0 Å². The summed E-state index contributed by atoms with van der Waals surface area (Å²) in [4.78, 5) is 7.54. The Hall–Kier alpha value is -1.33. The third-order valence-electron chi connectivity index (χ3n) is 4.21. The largest absolute Gasteiger partial charge is 0.495 e. The summed E-state index contributed by atoms with van der Waals surface area (Å²) in [5.41, 5.74) is 1.49. The van der Waals surface area contributed by atoms with Crippen LogP contribution in [0.25, 0.3) is 5.47 Å². The molecule has 100 valence electrons. The Kier molecular flexibility index (Phi) is 2.73. The number of fused-ring (bicyclic) bond motifs is 1. The van der Waals surface area contributed by atoms with Gasteiger partial charge in [0.25, 0.3) is 0 Å². The van der Waals surface area contributed by atoms with E-state index >= 15 is 0 Å². The highest BCUT2D eigenvalue weighted by molar-refractivity contribution is 6.69. The maximum absolute atomic E-state index is 6.13. The van der Waals surface area contributed by atoms with Crippen LogP contribution in [0.15, 0.2) is 23.3 Å². The number of allylic oxidation sites excluding steroid dienone is 1. The summed E-state index contributed by atoms with van der Waals surface area (Å²) in [6.45, 7) is 8.27. The minimum atomic E-state index is -0.332. The molecule has 0 saturated carbocycles. The van der Waals surface area contributed by atoms with Gasteiger partial charge in [-0.2, -0.15) is 0 Å². The normalized spacial score (nSPS) is 24.0. The zero-order valence-corrected chi connectivity index (χ0v) is 11.9. The molecule has 5 heteroatoms. The summed E-state index contributed by atoms with van der Waals surface area (Å²) in [5, 5.41) is 0. The van der Waals surface area contributed by atoms with Crippen molar-refractivity contribution in [3.63, 3.8) is 0 Å². The molecule has 0 radical (unpaired) electrons. The summed E-state index contributed by atoms with van der Waals surface area (Å²) in [6, 6.07) is 2.02. The second-order valence-electron chi connectivity index (χ2n) is 6.04. The summed E-state index contributed by atoms with van der Waals surface area (Å²) in [5.74, 6) is 0.874. The minimum Gasteiger partial charge on any atom is -0.399 e. The van der Waals surface area contributed by atoms with Crippen LogP contribution < -0.4 is 0 Å². The highest BCUT2D eigenvalue weighted by atomic mass is 16.7. The lowest BCUT2D eigenvalue weighted by Gasteiger charge is -2.32. The van der Waals surface area contributed by atoms with E-state index in [2.05, 4.69) is 43.7 Å². The lowest BCUT2D eigenvalue weighted by Crippen LogP contribution is -2.41. The first kappa shape index (κ1) is 12.7. The minimum absolute atomic E-state index is 0.317. The van der Waals surface area contributed by atoms with Crippen LogP contribution in [0, 0.1) is 0 Å². The molecule has 1 N–H and O–H groups in total. The number of aromatic nitrogens is 1. The van der Waals surface area contributed by atoms with Gasteiger partial charge in [0.15, 0.2) is 0 Å². The van der Waals surface area contributed by atoms with Gasteiger partial charge in [-0.05, 0) is 39.2 Å². The van der Waals surface area contributed by atoms with E-state index in [1.54, 1.807) is 0 Å². The number of nitrogens with zero attached hydrogens (tertiary/aromatic N) is 1. The molecule has 2 aliphatic rings. The molecule has 1 aromatic heterocycles. The van der Waals surface area contributed by atoms with Crippen molar-refractivity contribution in [2.24, 2.45) is 4.99 Å². The molecule has 0 amide bonds. The van der Waals surface area contributed by atoms with Gasteiger partial charge in [-0.25, -0.2) is 4.99 Å². The molecule has 1 fully saturated rings. The summed E-state index contributed by atoms with van der Waals surface area (Å²) < 4.78 is 12.3. The number of H-pyrrole nitrogens is 1. The predicted octanol–water partition coefficient (Wildman–Crippen LogP) is 3.14. The van der Waals surface area contributed by atoms with Gasteiger partial charge < -0.3 is 14.3 Å². The molecule has 0 aromatic carbocycles. The van der Waals surface area contributed by atoms with Gasteiger partial charge in [0, 0.05) is 24.4 Å². The van der Waals surface area contributed by atoms with E-state index in [-0.39, 0.29) is 18.3 Å². The quantitative estimate of drug-likeness (QED) is 0.786. The van der Waals surface area contributed by atoms with Crippen LogP contribution in [0.1, 0.15) is 39.7 Å². The van der Waals surface area contributed by atoms with Crippen LogP contribution >= 0.6 is 0 Å². The van der Waals surface area contributed by atoms with Crippen molar-refractivity contribution in [2.45, 2.75) is 45.3 Å². The molecule has 2 aliphatic heterocycles. The zero-order chi connectivity index (χ0) is 13.7. The molecular formula is C14H19BN2O2. The molecule has 0 spiro atoms. The molecule has 3 heterocycles. The first-order valence-electron chi connectivity index (χ1n) is 6.67. The van der Waals surface area contributed by atoms with Crippen LogP contribution in [0.5, 0.6) is 0 Å². The smallest absolute Gasteiger partial charge is 0.399 e. The Labute approximate surface area is 114 Å². The number of aromatic amines is 1. The number of hydrogen-bond acceptors (Lipinski definition) is 3. The van der Waals surface area contributed by atoms with E-state index in [1.807, 2.05) is 18.5 Å². The fourth-order valence-electron chi connectivity index (χ4n) is 2.33. The Morgan fingerprint density at radius 2 is 1.89 bits per heavy atom. The first-order chi connectivity index (χ1) is 8.91. The number of aliphatic imine (C=N–C) groups is 1. The molecule has 4 nitrogen and oxygen atoms in total. The van der Waals surface area contributed by atoms with Gasteiger partial charge in [-0.1, -0.05) is 6.08 Å². The molecule has 19 heavy (non-hydrogen) atoms. The van der Waals surface area contributed by atoms with Gasteiger partial charge >= 0.3 is 7.12 Å². The SMILES string of the molecule is CC1(C)OB(C2=CCC=Nc3[nH]ccc32)OC1(C)C. The topological polar surface area (TPSA) is 46.6 Å². The molecule has 1 aromatic rings. The van der Waals surface area contributed by atoms with Crippen molar-refractivity contribution < 1.29 is 9.31 Å². The van der Waals surface area contributed by atoms with Crippen LogP contribution in [-0.4, -0.2) is 29.5 Å². The maximum Gasteiger partial charge on any atom is 0.495 e. The number of rotatable bonds is 1. The van der Waals surface area contributed by atoms with E-state index in [9.17, 15) is 0 Å². The lowest BCUT2D eigenvalue weighted by atomic mass is 9.74. The first-order valence-corrected chi connectivity index (χ1v) is 6.67. The third kappa shape index (κ3) is 1.97. The average Bonchev–Trinajstić information content (AvgIpc) is 2.76. The van der Waals surface area contributed by atoms with Gasteiger partial charge in [-0.15, -0.1) is 0 Å². The van der Waals surface area contributed by atoms with Gasteiger partial charge in [0.2, 0.25) is 0 Å². The van der Waals surface area contributed by atoms with E-state index in [4.69, 9.17) is 9.31 Å². The summed E-state index contributed by atoms with van der Waals surface area (Å²) in [7, 11) is -0.332. The number of hydrogen-bond donors (Lipinski definition) is 1. The lowest BCUT2D eigenvalue weighted by molar-refractivity contribution is 0.00578. The van der Waals surface area contributed by atoms with Gasteiger partial charge in [0.05, 0.1) is 11.2 Å². The van der Waals surface area contributed by atoms with Crippen molar-refractivity contribution in [3.8, 4) is 0 Å². The highest BCUT2D eigenvalue weighted by Gasteiger charge is 2.52. The number of nitrogens with one attached hydrogen (secondary N) is 1. The fourth-order valence-corrected chi connectivity index (χ4v) is 2.33. The van der Waals surface area contributed by atoms with Crippen molar-refractivity contribution in [2.75, 3.05) is 0 Å². The molecule has 3 rings (SSSR count). The summed E-state index contributed by atoms with van der Waals surface area (Å²) in [6.07, 6.45) is 6.72. The van der Waals surface area contributed by atoms with E-state index in [0.717, 1.165) is 23.3 Å². The Bertz CT molecular complexity index is 542. The van der Waals surface area contributed by atoms with E-state index in [1.165, 1.54) is 0 Å². The van der Waals surface area contributed by atoms with Crippen molar-refractivity contribution >= 4 is 24.6 Å². The average molecular weight is 258 g/mol. The molecule has 0 aliphatic carbocycles. The molecule has 0 unspecified atom stereocenters. The van der Waals surface area contributed by atoms with Gasteiger partial charge in [-0.3, -0.25) is 0 Å².